The topological polar surface area (TPSA) is 45.2 Å². The van der Waals surface area contributed by atoms with Crippen LogP contribution in [-0.2, 0) is 11.3 Å². The predicted octanol–water partition coefficient (Wildman–Crippen LogP) is 2.19. The van der Waals surface area contributed by atoms with E-state index < -0.39 is 0 Å². The molecule has 0 aliphatic carbocycles. The Bertz CT molecular complexity index is 577. The Morgan fingerprint density at radius 3 is 2.80 bits per heavy atom. The highest BCUT2D eigenvalue weighted by Crippen LogP contribution is 2.17. The number of nitrogens with zero attached hydrogens (tertiary/aromatic N) is 2. The monoisotopic (exact) mass is 271 g/mol. The molecule has 0 saturated heterocycles. The maximum absolute atomic E-state index is 11.7. The second-order valence-corrected chi connectivity index (χ2v) is 4.75. The van der Waals surface area contributed by atoms with Crippen LogP contribution in [0.1, 0.15) is 19.4 Å². The zero-order valence-electron chi connectivity index (χ0n) is 12.1. The zero-order valence-corrected chi connectivity index (χ0v) is 12.1. The Balaban J connectivity index is 2.15. The van der Waals surface area contributed by atoms with Crippen LogP contribution in [0.2, 0.25) is 0 Å². The van der Waals surface area contributed by atoms with Crippen LogP contribution in [0.3, 0.4) is 0 Å². The highest BCUT2D eigenvalue weighted by Gasteiger charge is 2.11. The first-order valence-corrected chi connectivity index (χ1v) is 7.06. The van der Waals surface area contributed by atoms with E-state index in [0.717, 1.165) is 29.6 Å². The van der Waals surface area contributed by atoms with Gasteiger partial charge in [-0.15, -0.1) is 0 Å². The number of rotatable bonds is 6. The van der Waals surface area contributed by atoms with Crippen LogP contribution in [0.25, 0.3) is 10.9 Å². The fourth-order valence-corrected chi connectivity index (χ4v) is 2.27. The van der Waals surface area contributed by atoms with Gasteiger partial charge >= 0.3 is 0 Å². The van der Waals surface area contributed by atoms with Crippen LogP contribution in [0.4, 0.5) is 0 Å². The summed E-state index contributed by atoms with van der Waals surface area (Å²) in [4.78, 5) is 18.3. The summed E-state index contributed by atoms with van der Waals surface area (Å²) in [6, 6.07) is 10.2. The van der Waals surface area contributed by atoms with Crippen molar-refractivity contribution < 1.29 is 4.79 Å². The second-order valence-electron chi connectivity index (χ2n) is 4.75. The minimum atomic E-state index is 0.0718. The molecule has 2 aromatic rings. The summed E-state index contributed by atoms with van der Waals surface area (Å²) in [5.74, 6) is 0.0718. The number of benzene rings is 1. The van der Waals surface area contributed by atoms with Gasteiger partial charge in [0.15, 0.2) is 0 Å². The number of para-hydroxylation sites is 1. The van der Waals surface area contributed by atoms with Crippen LogP contribution >= 0.6 is 0 Å². The number of amides is 1. The minimum absolute atomic E-state index is 0.0718. The lowest BCUT2D eigenvalue weighted by atomic mass is 10.1. The van der Waals surface area contributed by atoms with Crippen molar-refractivity contribution in [2.24, 2.45) is 0 Å². The highest BCUT2D eigenvalue weighted by atomic mass is 16.2. The van der Waals surface area contributed by atoms with E-state index in [-0.39, 0.29) is 5.91 Å². The van der Waals surface area contributed by atoms with Gasteiger partial charge in [-0.25, -0.2) is 0 Å². The predicted molar refractivity (Wildman–Crippen MR) is 81.4 cm³/mol. The fourth-order valence-electron chi connectivity index (χ4n) is 2.27. The normalized spacial score (nSPS) is 10.9. The van der Waals surface area contributed by atoms with Crippen molar-refractivity contribution in [1.29, 1.82) is 0 Å². The molecule has 2 rings (SSSR count). The molecule has 0 fully saturated rings. The fraction of sp³-hybridized carbons (Fsp3) is 0.375. The first-order valence-electron chi connectivity index (χ1n) is 7.06. The van der Waals surface area contributed by atoms with Gasteiger partial charge in [0.2, 0.25) is 5.91 Å². The minimum Gasteiger partial charge on any atom is -0.355 e. The van der Waals surface area contributed by atoms with Gasteiger partial charge in [0.25, 0.3) is 0 Å². The van der Waals surface area contributed by atoms with E-state index in [1.165, 1.54) is 0 Å². The number of hydrogen-bond acceptors (Lipinski definition) is 3. The van der Waals surface area contributed by atoms with Crippen LogP contribution in [0.15, 0.2) is 36.5 Å². The van der Waals surface area contributed by atoms with Crippen molar-refractivity contribution in [3.05, 3.63) is 42.1 Å². The second kappa shape index (κ2) is 7.01. The molecular weight excluding hydrogens is 250 g/mol. The van der Waals surface area contributed by atoms with E-state index in [9.17, 15) is 4.79 Å². The molecule has 1 amide bonds. The molecule has 0 unspecified atom stereocenters. The van der Waals surface area contributed by atoms with E-state index in [4.69, 9.17) is 0 Å². The first-order chi connectivity index (χ1) is 9.74. The molecule has 20 heavy (non-hydrogen) atoms. The van der Waals surface area contributed by atoms with Crippen LogP contribution in [0, 0.1) is 0 Å². The summed E-state index contributed by atoms with van der Waals surface area (Å²) in [6.07, 6.45) is 1.81. The van der Waals surface area contributed by atoms with Crippen LogP contribution in [0.5, 0.6) is 0 Å². The van der Waals surface area contributed by atoms with Gasteiger partial charge in [0.05, 0.1) is 12.1 Å². The lowest BCUT2D eigenvalue weighted by Gasteiger charge is -2.20. The average molecular weight is 271 g/mol. The summed E-state index contributed by atoms with van der Waals surface area (Å²) >= 11 is 0. The van der Waals surface area contributed by atoms with E-state index >= 15 is 0 Å². The van der Waals surface area contributed by atoms with Crippen LogP contribution in [-0.4, -0.2) is 35.4 Å². The molecule has 0 aliphatic heterocycles. The maximum atomic E-state index is 11.7. The quantitative estimate of drug-likeness (QED) is 0.876. The van der Waals surface area contributed by atoms with E-state index in [1.54, 1.807) is 0 Å². The Morgan fingerprint density at radius 2 is 2.05 bits per heavy atom. The molecule has 4 heteroatoms. The largest absolute Gasteiger partial charge is 0.355 e. The Morgan fingerprint density at radius 1 is 1.25 bits per heavy atom. The molecule has 0 saturated carbocycles. The summed E-state index contributed by atoms with van der Waals surface area (Å²) in [7, 11) is 0. The van der Waals surface area contributed by atoms with Gasteiger partial charge < -0.3 is 5.32 Å². The lowest BCUT2D eigenvalue weighted by Crippen LogP contribution is -2.36. The molecule has 4 nitrogen and oxygen atoms in total. The van der Waals surface area contributed by atoms with Crippen molar-refractivity contribution in [1.82, 2.24) is 15.2 Å². The number of carbonyl (C=O) groups is 1. The van der Waals surface area contributed by atoms with Gasteiger partial charge in [-0.3, -0.25) is 14.7 Å². The van der Waals surface area contributed by atoms with Crippen molar-refractivity contribution in [3.63, 3.8) is 0 Å². The van der Waals surface area contributed by atoms with Crippen molar-refractivity contribution in [2.75, 3.05) is 19.6 Å². The number of nitrogens with one attached hydrogen (secondary N) is 1. The Kier molecular flexibility index (Phi) is 5.07. The molecular formula is C16H21N3O. The number of hydrogen-bond donors (Lipinski definition) is 1. The van der Waals surface area contributed by atoms with Crippen molar-refractivity contribution >= 4 is 16.8 Å². The number of pyridine rings is 1. The van der Waals surface area contributed by atoms with E-state index in [0.29, 0.717) is 13.1 Å². The molecule has 1 heterocycles. The van der Waals surface area contributed by atoms with Gasteiger partial charge in [-0.05, 0) is 25.1 Å². The third-order valence-corrected chi connectivity index (χ3v) is 3.30. The molecule has 0 spiro atoms. The Hall–Kier alpha value is -1.94. The SMILES string of the molecule is CCNC(=O)CN(CC)Cc1cccc2cccnc12. The molecule has 0 bridgehead atoms. The summed E-state index contributed by atoms with van der Waals surface area (Å²) in [5.41, 5.74) is 2.18. The lowest BCUT2D eigenvalue weighted by molar-refractivity contribution is -0.122. The van der Waals surface area contributed by atoms with Gasteiger partial charge in [-0.2, -0.15) is 0 Å². The molecule has 0 radical (unpaired) electrons. The Labute approximate surface area is 119 Å². The van der Waals surface area contributed by atoms with Crippen LogP contribution < -0.4 is 5.32 Å². The van der Waals surface area contributed by atoms with Crippen molar-refractivity contribution in [2.45, 2.75) is 20.4 Å². The first kappa shape index (κ1) is 14.5. The highest BCUT2D eigenvalue weighted by molar-refractivity contribution is 5.81. The maximum Gasteiger partial charge on any atom is 0.234 e. The number of likely N-dealkylation sites (N-methyl/N-ethyl adjacent to an activating group) is 2. The molecule has 0 aliphatic rings. The number of fused-ring (bicyclic) bond motifs is 1. The molecule has 1 aromatic carbocycles. The summed E-state index contributed by atoms with van der Waals surface area (Å²) in [5, 5.41) is 3.98. The van der Waals surface area contributed by atoms with E-state index in [2.05, 4.69) is 40.3 Å². The van der Waals surface area contributed by atoms with Gasteiger partial charge in [0, 0.05) is 24.7 Å². The standard InChI is InChI=1S/C16H21N3O/c1-3-17-15(20)12-19(4-2)11-14-8-5-7-13-9-6-10-18-16(13)14/h5-10H,3-4,11-12H2,1-2H3,(H,17,20). The van der Waals surface area contributed by atoms with E-state index in [1.807, 2.05) is 25.3 Å². The molecule has 106 valence electrons. The molecule has 1 N–H and O–H groups in total. The zero-order chi connectivity index (χ0) is 14.4. The van der Waals surface area contributed by atoms with Crippen molar-refractivity contribution in [3.8, 4) is 0 Å². The average Bonchev–Trinajstić information content (AvgIpc) is 2.47. The molecule has 1 aromatic heterocycles. The summed E-state index contributed by atoms with van der Waals surface area (Å²) in [6.45, 7) is 6.67. The third-order valence-electron chi connectivity index (χ3n) is 3.30. The van der Waals surface area contributed by atoms with Gasteiger partial charge in [0.1, 0.15) is 0 Å². The van der Waals surface area contributed by atoms with Gasteiger partial charge in [-0.1, -0.05) is 31.2 Å². The molecule has 0 atom stereocenters. The summed E-state index contributed by atoms with van der Waals surface area (Å²) < 4.78 is 0. The smallest absolute Gasteiger partial charge is 0.234 e. The number of carbonyl (C=O) groups excluding carboxylic acids is 1. The number of aromatic nitrogens is 1. The third kappa shape index (κ3) is 3.54.